The average Bonchev–Trinajstić information content (AvgIpc) is 3.13. The van der Waals surface area contributed by atoms with E-state index in [1.54, 1.807) is 7.11 Å². The fraction of sp³-hybridized carbons (Fsp3) is 0.250. The SMILES string of the molecule is COc1ccccc1-c1nc2n[nH]c(N)c2c2c1CCC2. The number of aromatic amines is 1. The molecule has 3 aromatic rings. The first-order valence-electron chi connectivity index (χ1n) is 7.08. The summed E-state index contributed by atoms with van der Waals surface area (Å²) >= 11 is 0. The molecule has 0 radical (unpaired) electrons. The smallest absolute Gasteiger partial charge is 0.183 e. The molecule has 0 spiro atoms. The Labute approximate surface area is 122 Å². The molecule has 0 aliphatic heterocycles. The number of hydrogen-bond donors (Lipinski definition) is 2. The number of aromatic nitrogens is 3. The van der Waals surface area contributed by atoms with Crippen molar-refractivity contribution in [2.24, 2.45) is 0 Å². The van der Waals surface area contributed by atoms with Crippen molar-refractivity contribution in [1.82, 2.24) is 15.2 Å². The molecule has 0 saturated carbocycles. The molecule has 0 saturated heterocycles. The van der Waals surface area contributed by atoms with Crippen LogP contribution in [0.4, 0.5) is 5.82 Å². The predicted molar refractivity (Wildman–Crippen MR) is 82.3 cm³/mol. The second kappa shape index (κ2) is 4.48. The van der Waals surface area contributed by atoms with Crippen molar-refractivity contribution in [2.75, 3.05) is 12.8 Å². The second-order valence-electron chi connectivity index (χ2n) is 5.31. The van der Waals surface area contributed by atoms with Gasteiger partial charge in [0.1, 0.15) is 11.6 Å². The van der Waals surface area contributed by atoms with Crippen molar-refractivity contribution in [3.63, 3.8) is 0 Å². The fourth-order valence-electron chi connectivity index (χ4n) is 3.24. The molecule has 21 heavy (non-hydrogen) atoms. The Morgan fingerprint density at radius 1 is 1.19 bits per heavy atom. The van der Waals surface area contributed by atoms with Gasteiger partial charge < -0.3 is 10.5 Å². The third kappa shape index (κ3) is 1.70. The topological polar surface area (TPSA) is 76.8 Å². The molecule has 1 aliphatic rings. The number of hydrogen-bond acceptors (Lipinski definition) is 4. The van der Waals surface area contributed by atoms with Gasteiger partial charge in [-0.15, -0.1) is 0 Å². The number of para-hydroxylation sites is 1. The van der Waals surface area contributed by atoms with E-state index in [-0.39, 0.29) is 0 Å². The van der Waals surface area contributed by atoms with Crippen LogP contribution in [0, 0.1) is 0 Å². The van der Waals surface area contributed by atoms with Gasteiger partial charge in [-0.2, -0.15) is 5.10 Å². The highest BCUT2D eigenvalue weighted by molar-refractivity contribution is 5.93. The molecule has 3 N–H and O–H groups in total. The van der Waals surface area contributed by atoms with Crippen molar-refractivity contribution >= 4 is 16.9 Å². The standard InChI is InChI=1S/C16H16N4O/c1-21-12-8-3-2-5-11(12)14-10-7-4-6-9(10)13-15(17)19-20-16(13)18-14/h2-3,5,8H,4,6-7H2,1H3,(H3,17,18,19,20). The number of rotatable bonds is 2. The van der Waals surface area contributed by atoms with Gasteiger partial charge in [0.25, 0.3) is 0 Å². The summed E-state index contributed by atoms with van der Waals surface area (Å²) in [6, 6.07) is 7.97. The summed E-state index contributed by atoms with van der Waals surface area (Å²) in [7, 11) is 1.68. The summed E-state index contributed by atoms with van der Waals surface area (Å²) in [6.07, 6.45) is 3.18. The monoisotopic (exact) mass is 280 g/mol. The third-order valence-electron chi connectivity index (χ3n) is 4.16. The molecule has 0 amide bonds. The van der Waals surface area contributed by atoms with Crippen molar-refractivity contribution in [1.29, 1.82) is 0 Å². The number of benzene rings is 1. The van der Waals surface area contributed by atoms with Crippen LogP contribution in [0.1, 0.15) is 17.5 Å². The predicted octanol–water partition coefficient (Wildman–Crippen LogP) is 2.70. The van der Waals surface area contributed by atoms with E-state index >= 15 is 0 Å². The van der Waals surface area contributed by atoms with E-state index in [9.17, 15) is 0 Å². The fourth-order valence-corrected chi connectivity index (χ4v) is 3.24. The molecule has 2 aromatic heterocycles. The lowest BCUT2D eigenvalue weighted by Gasteiger charge is -2.12. The van der Waals surface area contributed by atoms with Crippen molar-refractivity contribution in [3.8, 4) is 17.0 Å². The van der Waals surface area contributed by atoms with Crippen LogP contribution in [-0.4, -0.2) is 22.3 Å². The largest absolute Gasteiger partial charge is 0.496 e. The average molecular weight is 280 g/mol. The summed E-state index contributed by atoms with van der Waals surface area (Å²) in [5, 5.41) is 8.07. The summed E-state index contributed by atoms with van der Waals surface area (Å²) < 4.78 is 5.48. The Morgan fingerprint density at radius 2 is 2.00 bits per heavy atom. The van der Waals surface area contributed by atoms with Crippen LogP contribution < -0.4 is 10.5 Å². The first kappa shape index (κ1) is 12.2. The quantitative estimate of drug-likeness (QED) is 0.756. The molecular formula is C16H16N4O. The van der Waals surface area contributed by atoms with Crippen molar-refractivity contribution < 1.29 is 4.74 Å². The maximum atomic E-state index is 6.01. The number of H-pyrrole nitrogens is 1. The molecule has 0 fully saturated rings. The van der Waals surface area contributed by atoms with Crippen molar-refractivity contribution in [3.05, 3.63) is 35.4 Å². The van der Waals surface area contributed by atoms with E-state index in [1.165, 1.54) is 11.1 Å². The number of methoxy groups -OCH3 is 1. The highest BCUT2D eigenvalue weighted by Crippen LogP contribution is 2.39. The number of nitrogens with zero attached hydrogens (tertiary/aromatic N) is 2. The van der Waals surface area contributed by atoms with Gasteiger partial charge in [-0.3, -0.25) is 5.10 Å². The first-order valence-corrected chi connectivity index (χ1v) is 7.08. The first-order chi connectivity index (χ1) is 10.3. The number of aryl methyl sites for hydroxylation is 1. The molecule has 0 bridgehead atoms. The van der Waals surface area contributed by atoms with Gasteiger partial charge in [-0.05, 0) is 42.5 Å². The van der Waals surface area contributed by atoms with E-state index in [0.29, 0.717) is 11.5 Å². The molecule has 0 atom stereocenters. The number of anilines is 1. The van der Waals surface area contributed by atoms with Gasteiger partial charge in [0.05, 0.1) is 18.2 Å². The van der Waals surface area contributed by atoms with Gasteiger partial charge in [-0.1, -0.05) is 12.1 Å². The Bertz CT molecular complexity index is 838. The summed E-state index contributed by atoms with van der Waals surface area (Å²) in [4.78, 5) is 4.74. The summed E-state index contributed by atoms with van der Waals surface area (Å²) in [5.41, 5.74) is 11.2. The minimum atomic E-state index is 0.613. The Balaban J connectivity index is 2.06. The van der Waals surface area contributed by atoms with Gasteiger partial charge in [0.15, 0.2) is 5.65 Å². The van der Waals surface area contributed by atoms with Gasteiger partial charge in [-0.25, -0.2) is 4.98 Å². The Morgan fingerprint density at radius 3 is 2.86 bits per heavy atom. The number of ether oxygens (including phenoxy) is 1. The van der Waals surface area contributed by atoms with E-state index < -0.39 is 0 Å². The van der Waals surface area contributed by atoms with Gasteiger partial charge in [0.2, 0.25) is 0 Å². The van der Waals surface area contributed by atoms with E-state index in [2.05, 4.69) is 10.2 Å². The summed E-state index contributed by atoms with van der Waals surface area (Å²) in [6.45, 7) is 0. The Hall–Kier alpha value is -2.56. The molecular weight excluding hydrogens is 264 g/mol. The highest BCUT2D eigenvalue weighted by atomic mass is 16.5. The minimum Gasteiger partial charge on any atom is -0.496 e. The molecule has 2 heterocycles. The molecule has 5 heteroatoms. The molecule has 106 valence electrons. The van der Waals surface area contributed by atoms with Crippen LogP contribution in [0.2, 0.25) is 0 Å². The zero-order valence-electron chi connectivity index (χ0n) is 11.8. The molecule has 1 aromatic carbocycles. The van der Waals surface area contributed by atoms with Crippen LogP contribution in [0.3, 0.4) is 0 Å². The second-order valence-corrected chi connectivity index (χ2v) is 5.31. The summed E-state index contributed by atoms with van der Waals surface area (Å²) in [5.74, 6) is 1.45. The van der Waals surface area contributed by atoms with Crippen LogP contribution >= 0.6 is 0 Å². The maximum absolute atomic E-state index is 6.01. The minimum absolute atomic E-state index is 0.613. The lowest BCUT2D eigenvalue weighted by Crippen LogP contribution is -1.97. The third-order valence-corrected chi connectivity index (χ3v) is 4.16. The number of nitrogen functional groups attached to an aromatic ring is 1. The normalized spacial score (nSPS) is 13.6. The molecule has 1 aliphatic carbocycles. The zero-order valence-corrected chi connectivity index (χ0v) is 11.8. The highest BCUT2D eigenvalue weighted by Gasteiger charge is 2.24. The van der Waals surface area contributed by atoms with Crippen LogP contribution in [0.15, 0.2) is 24.3 Å². The van der Waals surface area contributed by atoms with Crippen molar-refractivity contribution in [2.45, 2.75) is 19.3 Å². The number of nitrogens with two attached hydrogens (primary N) is 1. The zero-order chi connectivity index (χ0) is 14.4. The van der Waals surface area contributed by atoms with E-state index in [0.717, 1.165) is 41.7 Å². The van der Waals surface area contributed by atoms with Crippen LogP contribution in [-0.2, 0) is 12.8 Å². The van der Waals surface area contributed by atoms with E-state index in [4.69, 9.17) is 15.5 Å². The maximum Gasteiger partial charge on any atom is 0.183 e. The van der Waals surface area contributed by atoms with E-state index in [1.807, 2.05) is 24.3 Å². The molecule has 4 rings (SSSR count). The lowest BCUT2D eigenvalue weighted by molar-refractivity contribution is 0.416. The number of nitrogens with one attached hydrogen (secondary N) is 1. The van der Waals surface area contributed by atoms with Crippen LogP contribution in [0.5, 0.6) is 5.75 Å². The van der Waals surface area contributed by atoms with Gasteiger partial charge in [0, 0.05) is 5.56 Å². The Kier molecular flexibility index (Phi) is 2.60. The number of fused-ring (bicyclic) bond motifs is 3. The lowest BCUT2D eigenvalue weighted by atomic mass is 10.00. The molecule has 5 nitrogen and oxygen atoms in total. The number of pyridine rings is 1. The molecule has 0 unspecified atom stereocenters. The van der Waals surface area contributed by atoms with Crippen LogP contribution in [0.25, 0.3) is 22.3 Å². The van der Waals surface area contributed by atoms with Gasteiger partial charge >= 0.3 is 0 Å².